The van der Waals surface area contributed by atoms with E-state index in [1.54, 1.807) is 13.2 Å². The zero-order chi connectivity index (χ0) is 19.1. The van der Waals surface area contributed by atoms with Crippen LogP contribution in [-0.4, -0.2) is 35.9 Å². The minimum atomic E-state index is -0.526. The second-order valence-corrected chi connectivity index (χ2v) is 7.06. The quantitative estimate of drug-likeness (QED) is 0.261. The minimum absolute atomic E-state index is 0. The molecule has 1 saturated carbocycles. The molecule has 8 heteroatoms. The van der Waals surface area contributed by atoms with Gasteiger partial charge in [0.2, 0.25) is 0 Å². The van der Waals surface area contributed by atoms with Gasteiger partial charge in [-0.25, -0.2) is 8.78 Å². The first-order valence-electron chi connectivity index (χ1n) is 9.51. The van der Waals surface area contributed by atoms with Gasteiger partial charge in [-0.1, -0.05) is 18.9 Å². The fraction of sp³-hybridized carbons (Fsp3) is 0.500. The van der Waals surface area contributed by atoms with E-state index < -0.39 is 17.0 Å². The molecule has 5 nitrogen and oxygen atoms in total. The van der Waals surface area contributed by atoms with E-state index in [0.717, 1.165) is 45.2 Å². The van der Waals surface area contributed by atoms with Gasteiger partial charge in [0.1, 0.15) is 11.6 Å². The van der Waals surface area contributed by atoms with Gasteiger partial charge in [0, 0.05) is 50.1 Å². The molecule has 0 saturated heterocycles. The van der Waals surface area contributed by atoms with Gasteiger partial charge in [0.25, 0.3) is 0 Å². The number of halogens is 3. The second-order valence-electron chi connectivity index (χ2n) is 7.06. The molecular formula is C20H28F2IN5. The van der Waals surface area contributed by atoms with Crippen LogP contribution in [-0.2, 0) is 12.0 Å². The summed E-state index contributed by atoms with van der Waals surface area (Å²) in [5.41, 5.74) is -0.314. The van der Waals surface area contributed by atoms with E-state index in [9.17, 15) is 8.78 Å². The van der Waals surface area contributed by atoms with E-state index in [0.29, 0.717) is 12.5 Å². The molecule has 0 unspecified atom stereocenters. The summed E-state index contributed by atoms with van der Waals surface area (Å²) in [6, 6.07) is 6.02. The maximum atomic E-state index is 14.4. The third kappa shape index (κ3) is 5.42. The van der Waals surface area contributed by atoms with Crippen LogP contribution in [0.25, 0.3) is 0 Å². The van der Waals surface area contributed by atoms with E-state index in [1.807, 2.05) is 16.9 Å². The van der Waals surface area contributed by atoms with Gasteiger partial charge < -0.3 is 10.6 Å². The standard InChI is InChI=1S/C20H27F2N5.HI/c1-23-19(24-11-5-13-27-14-6-12-26-27)25-15-20(9-2-3-10-20)18-16(21)7-4-8-17(18)22;/h4,6-8,12,14H,2-3,5,9-11,13,15H2,1H3,(H2,23,24,25);1H. The molecule has 0 aliphatic heterocycles. The molecule has 0 radical (unpaired) electrons. The first-order valence-corrected chi connectivity index (χ1v) is 9.51. The number of nitrogens with one attached hydrogen (secondary N) is 2. The van der Waals surface area contributed by atoms with Gasteiger partial charge in [-0.05, 0) is 37.5 Å². The molecule has 2 aromatic rings. The molecule has 1 heterocycles. The maximum absolute atomic E-state index is 14.4. The van der Waals surface area contributed by atoms with Crippen LogP contribution in [0, 0.1) is 11.6 Å². The SMILES string of the molecule is CN=C(NCCCn1cccn1)NCC1(c2c(F)cccc2F)CCCC1.I. The van der Waals surface area contributed by atoms with E-state index >= 15 is 0 Å². The Morgan fingerprint density at radius 1 is 1.18 bits per heavy atom. The Morgan fingerprint density at radius 2 is 1.89 bits per heavy atom. The van der Waals surface area contributed by atoms with Gasteiger partial charge in [0.15, 0.2) is 5.96 Å². The highest BCUT2D eigenvalue weighted by molar-refractivity contribution is 14.0. The highest BCUT2D eigenvalue weighted by atomic mass is 127. The van der Waals surface area contributed by atoms with Crippen molar-refractivity contribution in [2.45, 2.75) is 44.1 Å². The Bertz CT molecular complexity index is 738. The van der Waals surface area contributed by atoms with Crippen molar-refractivity contribution < 1.29 is 8.78 Å². The van der Waals surface area contributed by atoms with Gasteiger partial charge in [0.05, 0.1) is 0 Å². The average molecular weight is 503 g/mol. The van der Waals surface area contributed by atoms with Gasteiger partial charge >= 0.3 is 0 Å². The molecule has 1 fully saturated rings. The largest absolute Gasteiger partial charge is 0.356 e. The lowest BCUT2D eigenvalue weighted by molar-refractivity contribution is 0.386. The highest BCUT2D eigenvalue weighted by Gasteiger charge is 2.39. The Balaban J connectivity index is 0.00000280. The summed E-state index contributed by atoms with van der Waals surface area (Å²) in [7, 11) is 1.70. The summed E-state index contributed by atoms with van der Waals surface area (Å²) in [6.45, 7) is 2.02. The van der Waals surface area contributed by atoms with Crippen molar-refractivity contribution >= 4 is 29.9 Å². The lowest BCUT2D eigenvalue weighted by atomic mass is 9.78. The number of aryl methyl sites for hydroxylation is 1. The van der Waals surface area contributed by atoms with Crippen LogP contribution in [0.3, 0.4) is 0 Å². The van der Waals surface area contributed by atoms with E-state index in [4.69, 9.17) is 0 Å². The summed E-state index contributed by atoms with van der Waals surface area (Å²) < 4.78 is 30.7. The second kappa shape index (κ2) is 10.7. The third-order valence-corrected chi connectivity index (χ3v) is 5.29. The number of guanidine groups is 1. The lowest BCUT2D eigenvalue weighted by Gasteiger charge is -2.31. The van der Waals surface area contributed by atoms with E-state index in [2.05, 4.69) is 20.7 Å². The van der Waals surface area contributed by atoms with Crippen LogP contribution < -0.4 is 10.6 Å². The smallest absolute Gasteiger partial charge is 0.191 e. The summed E-state index contributed by atoms with van der Waals surface area (Å²) in [5, 5.41) is 10.7. The molecule has 0 atom stereocenters. The molecule has 1 aromatic carbocycles. The van der Waals surface area contributed by atoms with E-state index in [-0.39, 0.29) is 29.5 Å². The summed E-state index contributed by atoms with van der Waals surface area (Å²) in [5.74, 6) is -0.264. The zero-order valence-electron chi connectivity index (χ0n) is 16.1. The first-order chi connectivity index (χ1) is 13.1. The van der Waals surface area contributed by atoms with Crippen LogP contribution >= 0.6 is 24.0 Å². The monoisotopic (exact) mass is 503 g/mol. The molecule has 0 spiro atoms. The van der Waals surface area contributed by atoms with Crippen LogP contribution in [0.5, 0.6) is 0 Å². The van der Waals surface area contributed by atoms with Crippen LogP contribution in [0.15, 0.2) is 41.7 Å². The molecule has 0 amide bonds. The molecule has 154 valence electrons. The fourth-order valence-electron chi connectivity index (χ4n) is 3.93. The van der Waals surface area contributed by atoms with Crippen molar-refractivity contribution in [1.82, 2.24) is 20.4 Å². The molecule has 1 aliphatic carbocycles. The number of rotatable bonds is 7. The van der Waals surface area contributed by atoms with Crippen molar-refractivity contribution in [3.8, 4) is 0 Å². The number of nitrogens with zero attached hydrogens (tertiary/aromatic N) is 3. The highest BCUT2D eigenvalue weighted by Crippen LogP contribution is 2.42. The molecular weight excluding hydrogens is 475 g/mol. The number of hydrogen-bond donors (Lipinski definition) is 2. The summed E-state index contributed by atoms with van der Waals surface area (Å²) in [4.78, 5) is 4.24. The minimum Gasteiger partial charge on any atom is -0.356 e. The number of hydrogen-bond acceptors (Lipinski definition) is 2. The number of aromatic nitrogens is 2. The van der Waals surface area contributed by atoms with Crippen molar-refractivity contribution in [1.29, 1.82) is 0 Å². The summed E-state index contributed by atoms with van der Waals surface area (Å²) >= 11 is 0. The van der Waals surface area contributed by atoms with Crippen molar-refractivity contribution in [3.05, 3.63) is 53.9 Å². The predicted octanol–water partition coefficient (Wildman–Crippen LogP) is 3.85. The maximum Gasteiger partial charge on any atom is 0.191 e. The third-order valence-electron chi connectivity index (χ3n) is 5.29. The zero-order valence-corrected chi connectivity index (χ0v) is 18.5. The number of benzene rings is 1. The Kier molecular flexibility index (Phi) is 8.65. The number of aliphatic imine (C=N–C) groups is 1. The average Bonchev–Trinajstić information content (AvgIpc) is 3.34. The van der Waals surface area contributed by atoms with Gasteiger partial charge in [-0.3, -0.25) is 9.67 Å². The predicted molar refractivity (Wildman–Crippen MR) is 118 cm³/mol. The molecule has 0 bridgehead atoms. The molecule has 1 aliphatic rings. The fourth-order valence-corrected chi connectivity index (χ4v) is 3.93. The van der Waals surface area contributed by atoms with Crippen molar-refractivity contribution in [2.24, 2.45) is 4.99 Å². The van der Waals surface area contributed by atoms with Crippen LogP contribution in [0.4, 0.5) is 8.78 Å². The van der Waals surface area contributed by atoms with Crippen LogP contribution in [0.1, 0.15) is 37.7 Å². The van der Waals surface area contributed by atoms with Crippen molar-refractivity contribution in [2.75, 3.05) is 20.1 Å². The molecule has 3 rings (SSSR count). The summed E-state index contributed by atoms with van der Waals surface area (Å²) in [6.07, 6.45) is 8.09. The normalized spacial score (nSPS) is 15.9. The van der Waals surface area contributed by atoms with Gasteiger partial charge in [-0.15, -0.1) is 24.0 Å². The topological polar surface area (TPSA) is 54.2 Å². The first kappa shape index (κ1) is 22.6. The Hall–Kier alpha value is -1.71. The molecule has 1 aromatic heterocycles. The van der Waals surface area contributed by atoms with Crippen molar-refractivity contribution in [3.63, 3.8) is 0 Å². The van der Waals surface area contributed by atoms with Gasteiger partial charge in [-0.2, -0.15) is 5.10 Å². The van der Waals surface area contributed by atoms with E-state index in [1.165, 1.54) is 18.2 Å². The molecule has 2 N–H and O–H groups in total. The Morgan fingerprint density at radius 3 is 2.50 bits per heavy atom. The van der Waals surface area contributed by atoms with Crippen LogP contribution in [0.2, 0.25) is 0 Å². The Labute approximate surface area is 182 Å². The lowest BCUT2D eigenvalue weighted by Crippen LogP contribution is -2.45. The molecule has 28 heavy (non-hydrogen) atoms.